The second-order valence-electron chi connectivity index (χ2n) is 5.80. The van der Waals surface area contributed by atoms with E-state index in [1.165, 1.54) is 11.8 Å². The van der Waals surface area contributed by atoms with Crippen molar-refractivity contribution in [3.05, 3.63) is 34.9 Å². The first-order valence-corrected chi connectivity index (χ1v) is 8.40. The van der Waals surface area contributed by atoms with Crippen molar-refractivity contribution in [2.24, 2.45) is 0 Å². The summed E-state index contributed by atoms with van der Waals surface area (Å²) in [7, 11) is -3.21. The summed E-state index contributed by atoms with van der Waals surface area (Å²) < 4.78 is 22.2. The summed E-state index contributed by atoms with van der Waals surface area (Å²) in [5, 5.41) is 5.92. The standard InChI is InChI=1S/C14H20N2O3S/c1-14(2,20(3,18)19)9-16-13(17)10-4-5-11-7-15-8-12(11)6-10/h4-6,15H,7-9H2,1-3H3,(H,16,17). The van der Waals surface area contributed by atoms with Gasteiger partial charge in [-0.3, -0.25) is 4.79 Å². The van der Waals surface area contributed by atoms with Gasteiger partial charge in [0.15, 0.2) is 9.84 Å². The molecule has 0 unspecified atom stereocenters. The highest BCUT2D eigenvalue weighted by molar-refractivity contribution is 7.92. The van der Waals surface area contributed by atoms with Crippen LogP contribution in [0.3, 0.4) is 0 Å². The van der Waals surface area contributed by atoms with Crippen LogP contribution >= 0.6 is 0 Å². The number of benzene rings is 1. The minimum Gasteiger partial charge on any atom is -0.350 e. The first kappa shape index (κ1) is 15.0. The van der Waals surface area contributed by atoms with Crippen LogP contribution in [-0.2, 0) is 22.9 Å². The quantitative estimate of drug-likeness (QED) is 0.863. The van der Waals surface area contributed by atoms with Crippen LogP contribution in [0.5, 0.6) is 0 Å². The Hall–Kier alpha value is -1.40. The van der Waals surface area contributed by atoms with Gasteiger partial charge in [-0.25, -0.2) is 8.42 Å². The molecular weight excluding hydrogens is 276 g/mol. The summed E-state index contributed by atoms with van der Waals surface area (Å²) in [5.41, 5.74) is 2.90. The maximum Gasteiger partial charge on any atom is 0.251 e. The minimum absolute atomic E-state index is 0.0972. The van der Waals surface area contributed by atoms with Crippen molar-refractivity contribution in [2.45, 2.75) is 31.7 Å². The van der Waals surface area contributed by atoms with Gasteiger partial charge in [0.1, 0.15) is 0 Å². The molecule has 1 aromatic carbocycles. The lowest BCUT2D eigenvalue weighted by atomic mass is 10.1. The summed E-state index contributed by atoms with van der Waals surface area (Å²) >= 11 is 0. The third-order valence-electron chi connectivity index (χ3n) is 3.78. The molecule has 0 saturated heterocycles. The molecule has 0 aliphatic carbocycles. The van der Waals surface area contributed by atoms with Crippen LogP contribution in [0, 0.1) is 0 Å². The minimum atomic E-state index is -3.21. The molecule has 1 amide bonds. The molecule has 1 aliphatic rings. The van der Waals surface area contributed by atoms with Crippen molar-refractivity contribution in [3.8, 4) is 0 Å². The summed E-state index contributed by atoms with van der Waals surface area (Å²) in [6.07, 6.45) is 1.18. The summed E-state index contributed by atoms with van der Waals surface area (Å²) in [6, 6.07) is 5.57. The number of hydrogen-bond donors (Lipinski definition) is 2. The molecule has 0 spiro atoms. The lowest BCUT2D eigenvalue weighted by molar-refractivity contribution is 0.0950. The van der Waals surface area contributed by atoms with Gasteiger partial charge < -0.3 is 10.6 Å². The SMILES string of the molecule is CC(C)(CNC(=O)c1ccc2c(c1)CNC2)S(C)(=O)=O. The Balaban J connectivity index is 2.06. The Bertz CT molecular complexity index is 636. The maximum absolute atomic E-state index is 12.1. The Morgan fingerprint density at radius 3 is 2.60 bits per heavy atom. The first-order valence-electron chi connectivity index (χ1n) is 6.51. The van der Waals surface area contributed by atoms with E-state index in [2.05, 4.69) is 10.6 Å². The van der Waals surface area contributed by atoms with Crippen molar-refractivity contribution < 1.29 is 13.2 Å². The zero-order valence-corrected chi connectivity index (χ0v) is 12.8. The van der Waals surface area contributed by atoms with Crippen LogP contribution < -0.4 is 10.6 Å². The smallest absolute Gasteiger partial charge is 0.251 e. The lowest BCUT2D eigenvalue weighted by Crippen LogP contribution is -2.43. The molecule has 2 rings (SSSR count). The summed E-state index contributed by atoms with van der Waals surface area (Å²) in [5.74, 6) is -0.239. The van der Waals surface area contributed by atoms with Gasteiger partial charge in [0, 0.05) is 31.5 Å². The van der Waals surface area contributed by atoms with E-state index in [1.54, 1.807) is 19.9 Å². The molecule has 0 bridgehead atoms. The maximum atomic E-state index is 12.1. The normalized spacial score (nSPS) is 14.9. The Morgan fingerprint density at radius 1 is 1.30 bits per heavy atom. The van der Waals surface area contributed by atoms with Crippen LogP contribution in [0.1, 0.15) is 35.3 Å². The number of hydrogen-bond acceptors (Lipinski definition) is 4. The van der Waals surface area contributed by atoms with Crippen LogP contribution in [0.4, 0.5) is 0 Å². The molecule has 1 aliphatic heterocycles. The zero-order chi connectivity index (χ0) is 15.0. The average molecular weight is 296 g/mol. The van der Waals surface area contributed by atoms with Gasteiger partial charge in [-0.05, 0) is 37.1 Å². The van der Waals surface area contributed by atoms with E-state index in [-0.39, 0.29) is 12.5 Å². The predicted molar refractivity (Wildman–Crippen MR) is 78.2 cm³/mol. The fourth-order valence-electron chi connectivity index (χ4n) is 1.96. The van der Waals surface area contributed by atoms with Gasteiger partial charge >= 0.3 is 0 Å². The Kier molecular flexibility index (Phi) is 3.88. The zero-order valence-electron chi connectivity index (χ0n) is 12.0. The molecule has 0 fully saturated rings. The summed E-state index contributed by atoms with van der Waals surface area (Å²) in [4.78, 5) is 12.1. The molecule has 0 aromatic heterocycles. The van der Waals surface area contributed by atoms with Gasteiger partial charge in [0.25, 0.3) is 5.91 Å². The third kappa shape index (κ3) is 3.02. The van der Waals surface area contributed by atoms with Crippen molar-refractivity contribution >= 4 is 15.7 Å². The third-order valence-corrected chi connectivity index (χ3v) is 5.93. The van der Waals surface area contributed by atoms with E-state index in [4.69, 9.17) is 0 Å². The van der Waals surface area contributed by atoms with E-state index in [9.17, 15) is 13.2 Å². The number of amides is 1. The Morgan fingerprint density at radius 2 is 1.95 bits per heavy atom. The molecule has 6 heteroatoms. The number of sulfone groups is 1. The van der Waals surface area contributed by atoms with Crippen LogP contribution in [0.25, 0.3) is 0 Å². The number of carbonyl (C=O) groups excluding carboxylic acids is 1. The molecule has 0 atom stereocenters. The van der Waals surface area contributed by atoms with Gasteiger partial charge in [0.05, 0.1) is 4.75 Å². The largest absolute Gasteiger partial charge is 0.350 e. The van der Waals surface area contributed by atoms with Crippen molar-refractivity contribution in [3.63, 3.8) is 0 Å². The molecule has 1 aromatic rings. The van der Waals surface area contributed by atoms with E-state index < -0.39 is 14.6 Å². The van der Waals surface area contributed by atoms with Crippen molar-refractivity contribution in [1.29, 1.82) is 0 Å². The molecule has 20 heavy (non-hydrogen) atoms. The predicted octanol–water partition coefficient (Wildman–Crippen LogP) is 0.843. The van der Waals surface area contributed by atoms with Crippen molar-refractivity contribution in [1.82, 2.24) is 10.6 Å². The number of carbonyl (C=O) groups is 1. The monoisotopic (exact) mass is 296 g/mol. The highest BCUT2D eigenvalue weighted by atomic mass is 32.2. The second-order valence-corrected chi connectivity index (χ2v) is 8.45. The molecule has 0 radical (unpaired) electrons. The topological polar surface area (TPSA) is 75.3 Å². The first-order chi connectivity index (χ1) is 9.21. The highest BCUT2D eigenvalue weighted by Crippen LogP contribution is 2.18. The van der Waals surface area contributed by atoms with Gasteiger partial charge in [0.2, 0.25) is 0 Å². The van der Waals surface area contributed by atoms with E-state index in [0.29, 0.717) is 5.56 Å². The van der Waals surface area contributed by atoms with Crippen LogP contribution in [-0.4, -0.2) is 31.9 Å². The van der Waals surface area contributed by atoms with E-state index in [0.717, 1.165) is 18.7 Å². The van der Waals surface area contributed by atoms with Gasteiger partial charge in [-0.15, -0.1) is 0 Å². The van der Waals surface area contributed by atoms with E-state index >= 15 is 0 Å². The number of fused-ring (bicyclic) bond motifs is 1. The average Bonchev–Trinajstić information content (AvgIpc) is 2.81. The molecule has 1 heterocycles. The number of nitrogens with one attached hydrogen (secondary N) is 2. The molecule has 110 valence electrons. The van der Waals surface area contributed by atoms with Crippen molar-refractivity contribution in [2.75, 3.05) is 12.8 Å². The lowest BCUT2D eigenvalue weighted by Gasteiger charge is -2.22. The Labute approximate surface area is 119 Å². The fourth-order valence-corrected chi connectivity index (χ4v) is 2.30. The van der Waals surface area contributed by atoms with E-state index in [1.807, 2.05) is 12.1 Å². The molecule has 0 saturated carbocycles. The van der Waals surface area contributed by atoms with Gasteiger partial charge in [-0.1, -0.05) is 6.07 Å². The number of rotatable bonds is 4. The highest BCUT2D eigenvalue weighted by Gasteiger charge is 2.30. The summed E-state index contributed by atoms with van der Waals surface area (Å²) in [6.45, 7) is 4.91. The molecule has 2 N–H and O–H groups in total. The van der Waals surface area contributed by atoms with Crippen LogP contribution in [0.15, 0.2) is 18.2 Å². The second kappa shape index (κ2) is 5.18. The fraction of sp³-hybridized carbons (Fsp3) is 0.500. The van der Waals surface area contributed by atoms with Gasteiger partial charge in [-0.2, -0.15) is 0 Å². The molecular formula is C14H20N2O3S. The molecule has 5 nitrogen and oxygen atoms in total. The van der Waals surface area contributed by atoms with Crippen LogP contribution in [0.2, 0.25) is 0 Å².